The van der Waals surface area contributed by atoms with E-state index in [0.717, 1.165) is 12.4 Å². The molecule has 3 aliphatic rings. The van der Waals surface area contributed by atoms with E-state index < -0.39 is 18.1 Å². The Labute approximate surface area is 160 Å². The number of rotatable bonds is 5. The largest absolute Gasteiger partial charge is 0.370 e. The number of nitrogens with zero attached hydrogens (tertiary/aromatic N) is 4. The van der Waals surface area contributed by atoms with E-state index >= 15 is 0 Å². The summed E-state index contributed by atoms with van der Waals surface area (Å²) in [4.78, 5) is 29.8. The quantitative estimate of drug-likeness (QED) is 0.529. The molecule has 5 rings (SSSR count). The number of hydrogen-bond acceptors (Lipinski definition) is 6. The Kier molecular flexibility index (Phi) is 3.92. The molecule has 0 spiro atoms. The highest BCUT2D eigenvalue weighted by Crippen LogP contribution is 2.30. The first kappa shape index (κ1) is 17.0. The fraction of sp³-hybridized carbons (Fsp3) is 0.444. The molecule has 0 radical (unpaired) electrons. The van der Waals surface area contributed by atoms with Crippen LogP contribution in [-0.4, -0.2) is 52.3 Å². The minimum absolute atomic E-state index is 0.143. The Bertz CT molecular complexity index is 997. The first-order chi connectivity index (χ1) is 13.6. The highest BCUT2D eigenvalue weighted by Gasteiger charge is 2.27. The Morgan fingerprint density at radius 2 is 2.14 bits per heavy atom. The number of nitrogens with one attached hydrogen (secondary N) is 3. The molecular formula is C18H20FN7O2. The summed E-state index contributed by atoms with van der Waals surface area (Å²) in [5, 5.41) is 12.5. The second-order valence-electron chi connectivity index (χ2n) is 7.46. The average molecular weight is 385 g/mol. The zero-order valence-electron chi connectivity index (χ0n) is 15.1. The summed E-state index contributed by atoms with van der Waals surface area (Å²) in [7, 11) is 0. The molecule has 3 N–H and O–H groups in total. The van der Waals surface area contributed by atoms with Gasteiger partial charge in [0.25, 0.3) is 5.91 Å². The molecule has 1 aliphatic carbocycles. The standard InChI is InChI=1S/C18H20FN7O2/c19-12-3-4-25(9-12)15-6-14(20-7-10-1-2-10)26-16(23-15)11(8-21-26)5-13-17(27)24-18(28)22-13/h5-6,8,10,12,20H,1-4,7,9H2,(H2,22,24,27,28)/b13-5-/t12-/m1/s1. The number of carbonyl (C=O) groups excluding carboxylic acids is 2. The summed E-state index contributed by atoms with van der Waals surface area (Å²) in [6, 6.07) is 1.33. The summed E-state index contributed by atoms with van der Waals surface area (Å²) in [6.45, 7) is 1.77. The van der Waals surface area contributed by atoms with Crippen molar-refractivity contribution in [3.8, 4) is 0 Å². The maximum atomic E-state index is 13.7. The highest BCUT2D eigenvalue weighted by atomic mass is 19.1. The van der Waals surface area contributed by atoms with Crippen LogP contribution in [0.15, 0.2) is 18.0 Å². The number of anilines is 2. The monoisotopic (exact) mass is 385 g/mol. The highest BCUT2D eigenvalue weighted by molar-refractivity contribution is 6.14. The van der Waals surface area contributed by atoms with Crippen molar-refractivity contribution in [3.63, 3.8) is 0 Å². The zero-order valence-corrected chi connectivity index (χ0v) is 15.1. The van der Waals surface area contributed by atoms with Crippen LogP contribution in [0, 0.1) is 5.92 Å². The van der Waals surface area contributed by atoms with Crippen molar-refractivity contribution in [1.29, 1.82) is 0 Å². The Morgan fingerprint density at radius 3 is 2.82 bits per heavy atom. The number of carbonyl (C=O) groups is 2. The van der Waals surface area contributed by atoms with Crippen LogP contribution in [0.2, 0.25) is 0 Å². The second-order valence-corrected chi connectivity index (χ2v) is 7.46. The minimum Gasteiger partial charge on any atom is -0.370 e. The van der Waals surface area contributed by atoms with Gasteiger partial charge in [0, 0.05) is 24.7 Å². The van der Waals surface area contributed by atoms with Gasteiger partial charge in [-0.1, -0.05) is 0 Å². The van der Waals surface area contributed by atoms with Crippen LogP contribution in [0.25, 0.3) is 11.7 Å². The first-order valence-electron chi connectivity index (χ1n) is 9.42. The fourth-order valence-corrected chi connectivity index (χ4v) is 3.49. The van der Waals surface area contributed by atoms with E-state index in [1.54, 1.807) is 16.8 Å². The topological polar surface area (TPSA) is 104 Å². The third-order valence-corrected chi connectivity index (χ3v) is 5.23. The molecule has 9 nitrogen and oxygen atoms in total. The van der Waals surface area contributed by atoms with E-state index in [9.17, 15) is 14.0 Å². The van der Waals surface area contributed by atoms with Crippen LogP contribution >= 0.6 is 0 Å². The Hall–Kier alpha value is -3.17. The molecule has 0 bridgehead atoms. The lowest BCUT2D eigenvalue weighted by molar-refractivity contribution is -0.115. The lowest BCUT2D eigenvalue weighted by atomic mass is 10.2. The van der Waals surface area contributed by atoms with E-state index in [0.29, 0.717) is 42.5 Å². The van der Waals surface area contributed by atoms with Crippen molar-refractivity contribution in [2.45, 2.75) is 25.4 Å². The van der Waals surface area contributed by atoms with Gasteiger partial charge in [-0.05, 0) is 31.3 Å². The minimum atomic E-state index is -0.857. The van der Waals surface area contributed by atoms with Crippen LogP contribution in [0.5, 0.6) is 0 Å². The third kappa shape index (κ3) is 3.14. The molecule has 28 heavy (non-hydrogen) atoms. The Morgan fingerprint density at radius 1 is 1.29 bits per heavy atom. The van der Waals surface area contributed by atoms with Gasteiger partial charge in [-0.2, -0.15) is 9.61 Å². The van der Waals surface area contributed by atoms with Crippen LogP contribution in [0.4, 0.5) is 20.8 Å². The maximum absolute atomic E-state index is 13.7. The summed E-state index contributed by atoms with van der Waals surface area (Å²) in [6.07, 6.45) is 5.21. The molecule has 2 saturated heterocycles. The van der Waals surface area contributed by atoms with Gasteiger partial charge in [0.05, 0.1) is 12.7 Å². The van der Waals surface area contributed by atoms with Crippen molar-refractivity contribution in [2.24, 2.45) is 5.92 Å². The average Bonchev–Trinajstić information content (AvgIpc) is 3.11. The van der Waals surface area contributed by atoms with Crippen molar-refractivity contribution < 1.29 is 14.0 Å². The zero-order chi connectivity index (χ0) is 19.3. The van der Waals surface area contributed by atoms with Crippen molar-refractivity contribution in [3.05, 3.63) is 23.5 Å². The smallest absolute Gasteiger partial charge is 0.326 e. The van der Waals surface area contributed by atoms with E-state index in [1.807, 2.05) is 11.0 Å². The molecule has 2 aromatic rings. The molecule has 2 aromatic heterocycles. The molecule has 0 aromatic carbocycles. The summed E-state index contributed by atoms with van der Waals surface area (Å²) in [5.41, 5.74) is 1.28. The van der Waals surface area contributed by atoms with Gasteiger partial charge < -0.3 is 15.5 Å². The number of fused-ring (bicyclic) bond motifs is 1. The van der Waals surface area contributed by atoms with E-state index in [-0.39, 0.29) is 5.70 Å². The van der Waals surface area contributed by atoms with E-state index in [2.05, 4.69) is 26.0 Å². The van der Waals surface area contributed by atoms with Crippen LogP contribution in [-0.2, 0) is 4.79 Å². The molecule has 3 fully saturated rings. The molecular weight excluding hydrogens is 365 g/mol. The van der Waals surface area contributed by atoms with Crippen molar-refractivity contribution in [1.82, 2.24) is 25.2 Å². The van der Waals surface area contributed by atoms with Crippen LogP contribution < -0.4 is 20.9 Å². The SMILES string of the molecule is O=C1NC(=O)/C(=C/c2cnn3c(NCC4CC4)cc(N4CC[C@@H](F)C4)nc23)N1. The summed E-state index contributed by atoms with van der Waals surface area (Å²) in [5.74, 6) is 1.63. The molecule has 0 unspecified atom stereocenters. The molecule has 1 atom stereocenters. The van der Waals surface area contributed by atoms with Gasteiger partial charge in [-0.3, -0.25) is 10.1 Å². The van der Waals surface area contributed by atoms with Gasteiger partial charge in [-0.25, -0.2) is 14.2 Å². The number of urea groups is 1. The van der Waals surface area contributed by atoms with Gasteiger partial charge >= 0.3 is 6.03 Å². The van der Waals surface area contributed by atoms with Crippen molar-refractivity contribution >= 4 is 35.3 Å². The first-order valence-corrected chi connectivity index (χ1v) is 9.42. The molecule has 10 heteroatoms. The van der Waals surface area contributed by atoms with Crippen LogP contribution in [0.1, 0.15) is 24.8 Å². The lowest BCUT2D eigenvalue weighted by Crippen LogP contribution is -2.22. The van der Waals surface area contributed by atoms with Gasteiger partial charge in [-0.15, -0.1) is 0 Å². The van der Waals surface area contributed by atoms with Crippen molar-refractivity contribution in [2.75, 3.05) is 29.9 Å². The number of imide groups is 1. The number of alkyl halides is 1. The fourth-order valence-electron chi connectivity index (χ4n) is 3.49. The predicted molar refractivity (Wildman–Crippen MR) is 101 cm³/mol. The van der Waals surface area contributed by atoms with Gasteiger partial charge in [0.2, 0.25) is 0 Å². The molecule has 3 amide bonds. The number of aromatic nitrogens is 3. The number of halogens is 1. The number of amides is 3. The molecule has 2 aliphatic heterocycles. The summed E-state index contributed by atoms with van der Waals surface area (Å²) >= 11 is 0. The van der Waals surface area contributed by atoms with Gasteiger partial charge in [0.15, 0.2) is 5.65 Å². The normalized spacial score (nSPS) is 23.5. The molecule has 4 heterocycles. The predicted octanol–water partition coefficient (Wildman–Crippen LogP) is 1.28. The van der Waals surface area contributed by atoms with Crippen LogP contribution in [0.3, 0.4) is 0 Å². The Balaban J connectivity index is 1.55. The number of hydrogen-bond donors (Lipinski definition) is 3. The second kappa shape index (κ2) is 6.47. The van der Waals surface area contributed by atoms with E-state index in [4.69, 9.17) is 0 Å². The third-order valence-electron chi connectivity index (χ3n) is 5.23. The molecule has 146 valence electrons. The lowest BCUT2D eigenvalue weighted by Gasteiger charge is -2.18. The van der Waals surface area contributed by atoms with Gasteiger partial charge in [0.1, 0.15) is 23.5 Å². The van der Waals surface area contributed by atoms with E-state index in [1.165, 1.54) is 12.8 Å². The molecule has 1 saturated carbocycles. The summed E-state index contributed by atoms with van der Waals surface area (Å²) < 4.78 is 15.4. The maximum Gasteiger partial charge on any atom is 0.326 e.